The molecule has 0 saturated heterocycles. The fourth-order valence-corrected chi connectivity index (χ4v) is 4.07. The minimum atomic E-state index is -0.642. The van der Waals surface area contributed by atoms with Crippen molar-refractivity contribution in [3.8, 4) is 17.3 Å². The average Bonchev–Trinajstić information content (AvgIpc) is 3.24. The highest BCUT2D eigenvalue weighted by Crippen LogP contribution is 2.29. The van der Waals surface area contributed by atoms with E-state index >= 15 is 0 Å². The molecule has 2 heterocycles. The van der Waals surface area contributed by atoms with Crippen LogP contribution in [0, 0.1) is 21.4 Å². The van der Waals surface area contributed by atoms with Gasteiger partial charge < -0.3 is 9.73 Å². The largest absolute Gasteiger partial charge is 0.422 e. The van der Waals surface area contributed by atoms with Gasteiger partial charge in [-0.2, -0.15) is 5.26 Å². The van der Waals surface area contributed by atoms with Gasteiger partial charge in [-0.15, -0.1) is 11.3 Å². The van der Waals surface area contributed by atoms with Crippen LogP contribution in [0.4, 0.5) is 11.4 Å². The molecule has 2 aromatic carbocycles. The SMILES string of the molecule is N#C/C(=C/Nc1ccc(Cl)cc1Cl)c1nc(-c2cc3cc([N+](=O)[O-])ccc3oc2=O)cs1. The van der Waals surface area contributed by atoms with Crippen molar-refractivity contribution in [2.75, 3.05) is 5.32 Å². The third-order valence-electron chi connectivity index (χ3n) is 4.36. The lowest BCUT2D eigenvalue weighted by molar-refractivity contribution is -0.384. The normalized spacial score (nSPS) is 11.3. The number of halogens is 2. The van der Waals surface area contributed by atoms with Gasteiger partial charge in [-0.1, -0.05) is 23.2 Å². The highest BCUT2D eigenvalue weighted by Gasteiger charge is 2.15. The number of nitrogens with one attached hydrogen (secondary N) is 1. The van der Waals surface area contributed by atoms with Crippen molar-refractivity contribution >= 4 is 62.5 Å². The first-order chi connectivity index (χ1) is 15.4. The minimum Gasteiger partial charge on any atom is -0.422 e. The first-order valence-electron chi connectivity index (χ1n) is 8.86. The number of hydrogen-bond donors (Lipinski definition) is 1. The van der Waals surface area contributed by atoms with Gasteiger partial charge in [-0.05, 0) is 30.3 Å². The molecule has 0 bridgehead atoms. The molecule has 8 nitrogen and oxygen atoms in total. The van der Waals surface area contributed by atoms with Crippen molar-refractivity contribution in [1.29, 1.82) is 5.26 Å². The van der Waals surface area contributed by atoms with E-state index < -0.39 is 10.5 Å². The summed E-state index contributed by atoms with van der Waals surface area (Å²) in [5.41, 5.74) is 0.644. The van der Waals surface area contributed by atoms with Crippen LogP contribution in [-0.4, -0.2) is 9.91 Å². The maximum Gasteiger partial charge on any atom is 0.345 e. The van der Waals surface area contributed by atoms with Crippen molar-refractivity contribution < 1.29 is 9.34 Å². The molecule has 0 fully saturated rings. The number of nitro groups is 1. The molecule has 4 rings (SSSR count). The molecule has 32 heavy (non-hydrogen) atoms. The van der Waals surface area contributed by atoms with Crippen LogP contribution in [-0.2, 0) is 0 Å². The second-order valence-corrected chi connectivity index (χ2v) is 8.10. The molecule has 0 spiro atoms. The fourth-order valence-electron chi connectivity index (χ4n) is 2.82. The Hall–Kier alpha value is -3.71. The van der Waals surface area contributed by atoms with Gasteiger partial charge in [0.25, 0.3) is 5.69 Å². The predicted molar refractivity (Wildman–Crippen MR) is 124 cm³/mol. The zero-order valence-electron chi connectivity index (χ0n) is 15.8. The smallest absolute Gasteiger partial charge is 0.345 e. The first kappa shape index (κ1) is 21.5. The lowest BCUT2D eigenvalue weighted by Gasteiger charge is -2.04. The Kier molecular flexibility index (Phi) is 5.92. The summed E-state index contributed by atoms with van der Waals surface area (Å²) in [5, 5.41) is 26.7. The summed E-state index contributed by atoms with van der Waals surface area (Å²) in [6, 6.07) is 12.4. The molecular formula is C21H10Cl2N4O4S. The maximum atomic E-state index is 12.4. The van der Waals surface area contributed by atoms with Crippen molar-refractivity contribution in [2.45, 2.75) is 0 Å². The van der Waals surface area contributed by atoms with Crippen molar-refractivity contribution in [3.63, 3.8) is 0 Å². The fraction of sp³-hybridized carbons (Fsp3) is 0. The Morgan fingerprint density at radius 3 is 2.78 bits per heavy atom. The van der Waals surface area contributed by atoms with Gasteiger partial charge in [0.2, 0.25) is 0 Å². The van der Waals surface area contributed by atoms with E-state index in [4.69, 9.17) is 27.6 Å². The molecule has 0 amide bonds. The molecule has 0 saturated carbocycles. The summed E-state index contributed by atoms with van der Waals surface area (Å²) in [7, 11) is 0. The highest BCUT2D eigenvalue weighted by atomic mass is 35.5. The van der Waals surface area contributed by atoms with Crippen molar-refractivity contribution in [1.82, 2.24) is 4.98 Å². The van der Waals surface area contributed by atoms with E-state index in [2.05, 4.69) is 10.3 Å². The monoisotopic (exact) mass is 484 g/mol. The molecule has 0 aliphatic rings. The molecule has 0 radical (unpaired) electrons. The maximum absolute atomic E-state index is 12.4. The molecule has 11 heteroatoms. The Morgan fingerprint density at radius 1 is 1.25 bits per heavy atom. The van der Waals surface area contributed by atoms with Gasteiger partial charge in [0.15, 0.2) is 0 Å². The van der Waals surface area contributed by atoms with Crippen molar-refractivity contribution in [3.05, 3.63) is 89.6 Å². The molecule has 0 aliphatic heterocycles. The quantitative estimate of drug-likeness (QED) is 0.157. The number of aromatic nitrogens is 1. The highest BCUT2D eigenvalue weighted by molar-refractivity contribution is 7.11. The number of allylic oxidation sites excluding steroid dienone is 1. The van der Waals surface area contributed by atoms with Crippen LogP contribution in [0.1, 0.15) is 5.01 Å². The molecule has 0 unspecified atom stereocenters. The van der Waals surface area contributed by atoms with Crippen LogP contribution < -0.4 is 10.9 Å². The molecule has 2 aromatic heterocycles. The molecular weight excluding hydrogens is 475 g/mol. The number of nitro benzene ring substituents is 1. The second-order valence-electron chi connectivity index (χ2n) is 6.40. The number of thiazole rings is 1. The lowest BCUT2D eigenvalue weighted by atomic mass is 10.1. The standard InChI is InChI=1S/C21H10Cl2N4O4S/c22-13-1-3-17(16(23)7-13)25-9-12(8-24)20-26-18(10-32-20)15-6-11-5-14(27(29)30)2-4-19(11)31-21(15)28/h1-7,9-10,25H/b12-9-. The predicted octanol–water partition coefficient (Wildman–Crippen LogP) is 6.11. The lowest BCUT2D eigenvalue weighted by Crippen LogP contribution is -2.03. The number of anilines is 1. The van der Waals surface area contributed by atoms with Gasteiger partial charge in [-0.25, -0.2) is 9.78 Å². The van der Waals surface area contributed by atoms with E-state index in [9.17, 15) is 20.2 Å². The van der Waals surface area contributed by atoms with E-state index in [1.807, 2.05) is 6.07 Å². The van der Waals surface area contributed by atoms with Crippen LogP contribution in [0.5, 0.6) is 0 Å². The van der Waals surface area contributed by atoms with E-state index in [1.165, 1.54) is 30.5 Å². The Morgan fingerprint density at radius 2 is 2.06 bits per heavy atom. The number of nitrogens with zero attached hydrogens (tertiary/aromatic N) is 3. The van der Waals surface area contributed by atoms with Crippen LogP contribution in [0.25, 0.3) is 27.8 Å². The summed E-state index contributed by atoms with van der Waals surface area (Å²) in [4.78, 5) is 27.3. The van der Waals surface area contributed by atoms with Crippen LogP contribution in [0.3, 0.4) is 0 Å². The zero-order chi connectivity index (χ0) is 22.8. The Labute approximate surface area is 194 Å². The van der Waals surface area contributed by atoms with Crippen molar-refractivity contribution in [2.24, 2.45) is 0 Å². The number of hydrogen-bond acceptors (Lipinski definition) is 8. The van der Waals surface area contributed by atoms with Gasteiger partial charge in [0.05, 0.1) is 26.9 Å². The second kappa shape index (κ2) is 8.80. The van der Waals surface area contributed by atoms with Gasteiger partial charge in [0, 0.05) is 34.1 Å². The molecule has 0 aliphatic carbocycles. The van der Waals surface area contributed by atoms with E-state index in [0.29, 0.717) is 26.1 Å². The minimum absolute atomic E-state index is 0.127. The van der Waals surface area contributed by atoms with E-state index in [-0.39, 0.29) is 28.1 Å². The van der Waals surface area contributed by atoms with Gasteiger partial charge in [-0.3, -0.25) is 10.1 Å². The van der Waals surface area contributed by atoms with Gasteiger partial charge in [0.1, 0.15) is 22.2 Å². The van der Waals surface area contributed by atoms with Crippen LogP contribution in [0.2, 0.25) is 10.0 Å². The molecule has 4 aromatic rings. The average molecular weight is 485 g/mol. The van der Waals surface area contributed by atoms with Gasteiger partial charge >= 0.3 is 5.63 Å². The number of non-ortho nitro benzene ring substituents is 1. The Balaban J connectivity index is 1.68. The molecule has 0 atom stereocenters. The number of benzene rings is 2. The summed E-state index contributed by atoms with van der Waals surface area (Å²) in [6.07, 6.45) is 1.45. The summed E-state index contributed by atoms with van der Waals surface area (Å²) >= 11 is 13.2. The number of rotatable bonds is 5. The summed E-state index contributed by atoms with van der Waals surface area (Å²) in [5.74, 6) is 0. The molecule has 1 N–H and O–H groups in total. The summed E-state index contributed by atoms with van der Waals surface area (Å²) < 4.78 is 5.28. The first-order valence-corrected chi connectivity index (χ1v) is 10.5. The number of fused-ring (bicyclic) bond motifs is 1. The summed E-state index contributed by atoms with van der Waals surface area (Å²) in [6.45, 7) is 0. The third-order valence-corrected chi connectivity index (χ3v) is 5.78. The zero-order valence-corrected chi connectivity index (χ0v) is 18.2. The topological polar surface area (TPSA) is 122 Å². The van der Waals surface area contributed by atoms with E-state index in [1.54, 1.807) is 23.6 Å². The number of nitriles is 1. The Bertz CT molecular complexity index is 1500. The van der Waals surface area contributed by atoms with Crippen LogP contribution in [0.15, 0.2) is 63.3 Å². The van der Waals surface area contributed by atoms with Crippen LogP contribution >= 0.6 is 34.5 Å². The third kappa shape index (κ3) is 4.33. The molecule has 158 valence electrons. The van der Waals surface area contributed by atoms with E-state index in [0.717, 1.165) is 11.3 Å².